The predicted octanol–water partition coefficient (Wildman–Crippen LogP) is -0.223. The van der Waals surface area contributed by atoms with Crippen LogP contribution in [0.25, 0.3) is 0 Å². The highest BCUT2D eigenvalue weighted by Crippen LogP contribution is 2.19. The van der Waals surface area contributed by atoms with Gasteiger partial charge in [0.25, 0.3) is 5.91 Å². The van der Waals surface area contributed by atoms with Crippen LogP contribution in [0.15, 0.2) is 18.2 Å². The summed E-state index contributed by atoms with van der Waals surface area (Å²) in [6, 6.07) is 4.87. The maximum absolute atomic E-state index is 12.5. The summed E-state index contributed by atoms with van der Waals surface area (Å²) in [5, 5.41) is 5.44. The third kappa shape index (κ3) is 2.08. The third-order valence-corrected chi connectivity index (χ3v) is 3.77. The second-order valence-electron chi connectivity index (χ2n) is 5.11. The molecule has 1 fully saturated rings. The fourth-order valence-electron chi connectivity index (χ4n) is 2.56. The zero-order chi connectivity index (χ0) is 14.3. The number of rotatable bonds is 1. The number of nitrogens with one attached hydrogen (secondary N) is 2. The van der Waals surface area contributed by atoms with E-state index < -0.39 is 17.9 Å². The second-order valence-corrected chi connectivity index (χ2v) is 5.11. The van der Waals surface area contributed by atoms with Gasteiger partial charge in [0, 0.05) is 18.7 Å². The van der Waals surface area contributed by atoms with Crippen LogP contribution >= 0.6 is 0 Å². The first-order chi connectivity index (χ1) is 9.56. The summed E-state index contributed by atoms with van der Waals surface area (Å²) in [5.41, 5.74) is 2.79. The Morgan fingerprint density at radius 2 is 2.00 bits per heavy atom. The quantitative estimate of drug-likeness (QED) is 0.693. The SMILES string of the molecule is CC1C(=O)NC(=O)CN1C(=O)c1ccc2c(c1)CNC2. The van der Waals surface area contributed by atoms with Crippen molar-refractivity contribution < 1.29 is 14.4 Å². The molecule has 1 unspecified atom stereocenters. The Kier molecular flexibility index (Phi) is 3.02. The number of nitrogens with zero attached hydrogens (tertiary/aromatic N) is 1. The van der Waals surface area contributed by atoms with E-state index in [9.17, 15) is 14.4 Å². The van der Waals surface area contributed by atoms with Crippen LogP contribution in [-0.2, 0) is 22.7 Å². The smallest absolute Gasteiger partial charge is 0.255 e. The first-order valence-electron chi connectivity index (χ1n) is 6.53. The van der Waals surface area contributed by atoms with Crippen molar-refractivity contribution in [1.82, 2.24) is 15.5 Å². The highest BCUT2D eigenvalue weighted by molar-refractivity contribution is 6.07. The predicted molar refractivity (Wildman–Crippen MR) is 70.6 cm³/mol. The number of benzene rings is 1. The van der Waals surface area contributed by atoms with E-state index >= 15 is 0 Å². The van der Waals surface area contributed by atoms with E-state index in [-0.39, 0.29) is 12.5 Å². The van der Waals surface area contributed by atoms with E-state index in [1.54, 1.807) is 13.0 Å². The summed E-state index contributed by atoms with van der Waals surface area (Å²) >= 11 is 0. The number of carbonyl (C=O) groups excluding carboxylic acids is 3. The van der Waals surface area contributed by atoms with Crippen LogP contribution in [-0.4, -0.2) is 35.2 Å². The van der Waals surface area contributed by atoms with Crippen LogP contribution < -0.4 is 10.6 Å². The molecule has 20 heavy (non-hydrogen) atoms. The molecule has 1 saturated heterocycles. The molecule has 0 spiro atoms. The van der Waals surface area contributed by atoms with Gasteiger partial charge < -0.3 is 10.2 Å². The first kappa shape index (κ1) is 12.8. The molecule has 1 aromatic rings. The first-order valence-corrected chi connectivity index (χ1v) is 6.53. The Balaban J connectivity index is 1.88. The van der Waals surface area contributed by atoms with Crippen molar-refractivity contribution in [3.8, 4) is 0 Å². The Labute approximate surface area is 116 Å². The number of piperazine rings is 1. The van der Waals surface area contributed by atoms with E-state index in [1.165, 1.54) is 10.5 Å². The third-order valence-electron chi connectivity index (χ3n) is 3.77. The summed E-state index contributed by atoms with van der Waals surface area (Å²) in [7, 11) is 0. The van der Waals surface area contributed by atoms with Gasteiger partial charge in [-0.2, -0.15) is 0 Å². The largest absolute Gasteiger partial charge is 0.318 e. The molecule has 2 aliphatic rings. The van der Waals surface area contributed by atoms with Crippen molar-refractivity contribution in [1.29, 1.82) is 0 Å². The van der Waals surface area contributed by atoms with Gasteiger partial charge in [0.1, 0.15) is 12.6 Å². The molecule has 2 N–H and O–H groups in total. The maximum Gasteiger partial charge on any atom is 0.255 e. The van der Waals surface area contributed by atoms with Crippen molar-refractivity contribution in [3.63, 3.8) is 0 Å². The van der Waals surface area contributed by atoms with E-state index in [1.807, 2.05) is 12.1 Å². The van der Waals surface area contributed by atoms with Gasteiger partial charge in [-0.1, -0.05) is 6.07 Å². The molecule has 3 rings (SSSR count). The Bertz CT molecular complexity index is 612. The van der Waals surface area contributed by atoms with Crippen LogP contribution in [0.2, 0.25) is 0 Å². The molecule has 6 heteroatoms. The molecule has 0 bridgehead atoms. The molecule has 0 aromatic heterocycles. The molecule has 2 heterocycles. The molecule has 3 amide bonds. The van der Waals surface area contributed by atoms with Crippen LogP contribution in [0.1, 0.15) is 28.4 Å². The van der Waals surface area contributed by atoms with E-state index in [0.717, 1.165) is 18.7 Å². The van der Waals surface area contributed by atoms with Crippen molar-refractivity contribution in [2.75, 3.05) is 6.54 Å². The standard InChI is InChI=1S/C14H15N3O3/c1-8-13(19)16-12(18)7-17(8)14(20)9-2-3-10-5-15-6-11(10)4-9/h2-4,8,15H,5-7H2,1H3,(H,16,18,19). The summed E-state index contributed by atoms with van der Waals surface area (Å²) in [4.78, 5) is 36.8. The lowest BCUT2D eigenvalue weighted by atomic mass is 10.0. The number of amides is 3. The van der Waals surface area contributed by atoms with E-state index in [4.69, 9.17) is 0 Å². The van der Waals surface area contributed by atoms with Gasteiger partial charge in [0.05, 0.1) is 0 Å². The Morgan fingerprint density at radius 3 is 2.80 bits per heavy atom. The molecule has 0 aliphatic carbocycles. The average molecular weight is 273 g/mol. The monoisotopic (exact) mass is 273 g/mol. The second kappa shape index (κ2) is 4.72. The van der Waals surface area contributed by atoms with Gasteiger partial charge in [0.2, 0.25) is 11.8 Å². The molecular weight excluding hydrogens is 258 g/mol. The van der Waals surface area contributed by atoms with E-state index in [2.05, 4.69) is 10.6 Å². The number of hydrogen-bond donors (Lipinski definition) is 2. The van der Waals surface area contributed by atoms with Crippen molar-refractivity contribution in [2.24, 2.45) is 0 Å². The lowest BCUT2D eigenvalue weighted by Crippen LogP contribution is -2.58. The van der Waals surface area contributed by atoms with Crippen LogP contribution in [0.4, 0.5) is 0 Å². The molecule has 1 aromatic carbocycles. The summed E-state index contributed by atoms with van der Waals surface area (Å²) in [6.07, 6.45) is 0. The van der Waals surface area contributed by atoms with Gasteiger partial charge in [0.15, 0.2) is 0 Å². The molecule has 104 valence electrons. The fourth-order valence-corrected chi connectivity index (χ4v) is 2.56. The topological polar surface area (TPSA) is 78.5 Å². The molecule has 0 radical (unpaired) electrons. The molecular formula is C14H15N3O3. The number of imide groups is 1. The number of carbonyl (C=O) groups is 3. The Hall–Kier alpha value is -2.21. The van der Waals surface area contributed by atoms with E-state index in [0.29, 0.717) is 5.56 Å². The molecule has 2 aliphatic heterocycles. The lowest BCUT2D eigenvalue weighted by Gasteiger charge is -2.31. The van der Waals surface area contributed by atoms with Crippen LogP contribution in [0.3, 0.4) is 0 Å². The van der Waals surface area contributed by atoms with Crippen LogP contribution in [0.5, 0.6) is 0 Å². The Morgan fingerprint density at radius 1 is 1.25 bits per heavy atom. The number of fused-ring (bicyclic) bond motifs is 1. The van der Waals surface area contributed by atoms with Gasteiger partial charge >= 0.3 is 0 Å². The molecule has 6 nitrogen and oxygen atoms in total. The number of hydrogen-bond acceptors (Lipinski definition) is 4. The van der Waals surface area contributed by atoms with Gasteiger partial charge in [-0.25, -0.2) is 0 Å². The van der Waals surface area contributed by atoms with Gasteiger partial charge in [-0.15, -0.1) is 0 Å². The maximum atomic E-state index is 12.5. The summed E-state index contributed by atoms with van der Waals surface area (Å²) in [6.45, 7) is 3.09. The average Bonchev–Trinajstić information content (AvgIpc) is 2.89. The zero-order valence-corrected chi connectivity index (χ0v) is 11.1. The van der Waals surface area contributed by atoms with Crippen molar-refractivity contribution in [2.45, 2.75) is 26.1 Å². The highest BCUT2D eigenvalue weighted by Gasteiger charge is 2.34. The van der Waals surface area contributed by atoms with Crippen molar-refractivity contribution >= 4 is 17.7 Å². The molecule has 0 saturated carbocycles. The van der Waals surface area contributed by atoms with Gasteiger partial charge in [-0.05, 0) is 30.2 Å². The highest BCUT2D eigenvalue weighted by atomic mass is 16.2. The van der Waals surface area contributed by atoms with Crippen molar-refractivity contribution in [3.05, 3.63) is 34.9 Å². The normalized spacial score (nSPS) is 21.6. The lowest BCUT2D eigenvalue weighted by molar-refractivity contribution is -0.138. The fraction of sp³-hybridized carbons (Fsp3) is 0.357. The summed E-state index contributed by atoms with van der Waals surface area (Å²) < 4.78 is 0. The molecule has 1 atom stereocenters. The minimum atomic E-state index is -0.633. The van der Waals surface area contributed by atoms with Gasteiger partial charge in [-0.3, -0.25) is 19.7 Å². The minimum absolute atomic E-state index is 0.0823. The minimum Gasteiger partial charge on any atom is -0.318 e. The van der Waals surface area contributed by atoms with Crippen LogP contribution in [0, 0.1) is 0 Å². The zero-order valence-electron chi connectivity index (χ0n) is 11.1. The summed E-state index contributed by atoms with van der Waals surface area (Å²) in [5.74, 6) is -1.16.